The number of benzene rings is 1. The van der Waals surface area contributed by atoms with Crippen molar-refractivity contribution in [2.24, 2.45) is 0 Å². The van der Waals surface area contributed by atoms with Gasteiger partial charge in [-0.25, -0.2) is 0 Å². The van der Waals surface area contributed by atoms with E-state index in [1.54, 1.807) is 4.90 Å². The van der Waals surface area contributed by atoms with Crippen molar-refractivity contribution in [2.45, 2.75) is 19.3 Å². The van der Waals surface area contributed by atoms with Crippen LogP contribution in [0.3, 0.4) is 0 Å². The lowest BCUT2D eigenvalue weighted by Crippen LogP contribution is -2.42. The molecule has 1 saturated heterocycles. The molecule has 1 heterocycles. The second-order valence-electron chi connectivity index (χ2n) is 4.79. The maximum absolute atomic E-state index is 11.9. The number of hydrogen-bond donors (Lipinski definition) is 2. The summed E-state index contributed by atoms with van der Waals surface area (Å²) in [5.74, 6) is -0.767. The predicted octanol–water partition coefficient (Wildman–Crippen LogP) is 1.79. The fourth-order valence-electron chi connectivity index (χ4n) is 2.20. The molecule has 1 aromatic carbocycles. The number of piperidine rings is 1. The van der Waals surface area contributed by atoms with Gasteiger partial charge in [0, 0.05) is 18.1 Å². The van der Waals surface area contributed by atoms with E-state index in [1.165, 1.54) is 18.2 Å². The third-order valence-electron chi connectivity index (χ3n) is 3.31. The summed E-state index contributed by atoms with van der Waals surface area (Å²) >= 11 is 5.70. The molecule has 6 heteroatoms. The maximum Gasteiger partial charge on any atom is 0.255 e. The highest BCUT2D eigenvalue weighted by molar-refractivity contribution is 6.30. The number of nitrogens with zero attached hydrogens (tertiary/aromatic N) is 1. The average Bonchev–Trinajstić information content (AvgIpc) is 2.45. The first-order valence-electron chi connectivity index (χ1n) is 6.62. The third-order valence-corrected chi connectivity index (χ3v) is 3.55. The molecule has 5 nitrogen and oxygen atoms in total. The Bertz CT molecular complexity index is 513. The molecule has 0 aliphatic carbocycles. The highest BCUT2D eigenvalue weighted by Gasteiger charge is 2.18. The number of aromatic hydroxyl groups is 1. The number of halogens is 1. The van der Waals surface area contributed by atoms with Gasteiger partial charge < -0.3 is 15.3 Å². The number of carbonyl (C=O) groups excluding carboxylic acids is 2. The Morgan fingerprint density at radius 1 is 1.25 bits per heavy atom. The molecule has 0 aromatic heterocycles. The van der Waals surface area contributed by atoms with E-state index < -0.39 is 5.91 Å². The summed E-state index contributed by atoms with van der Waals surface area (Å²) in [5.41, 5.74) is 0.112. The molecule has 2 amide bonds. The molecule has 1 fully saturated rings. The summed E-state index contributed by atoms with van der Waals surface area (Å²) in [6.07, 6.45) is 3.17. The van der Waals surface area contributed by atoms with Crippen LogP contribution in [0.15, 0.2) is 18.2 Å². The van der Waals surface area contributed by atoms with E-state index in [9.17, 15) is 14.7 Å². The molecule has 0 spiro atoms. The minimum absolute atomic E-state index is 0.0547. The van der Waals surface area contributed by atoms with E-state index in [4.69, 9.17) is 11.6 Å². The van der Waals surface area contributed by atoms with Crippen LogP contribution in [-0.4, -0.2) is 41.5 Å². The van der Waals surface area contributed by atoms with Crippen molar-refractivity contribution in [2.75, 3.05) is 19.6 Å². The molecule has 2 rings (SSSR count). The van der Waals surface area contributed by atoms with Crippen LogP contribution in [0.4, 0.5) is 0 Å². The van der Waals surface area contributed by atoms with Gasteiger partial charge in [0.05, 0.1) is 12.1 Å². The van der Waals surface area contributed by atoms with Gasteiger partial charge in [-0.3, -0.25) is 9.59 Å². The lowest BCUT2D eigenvalue weighted by Gasteiger charge is -2.26. The van der Waals surface area contributed by atoms with Gasteiger partial charge in [-0.1, -0.05) is 11.6 Å². The van der Waals surface area contributed by atoms with E-state index in [-0.39, 0.29) is 23.8 Å². The Labute approximate surface area is 122 Å². The minimum atomic E-state index is -0.482. The smallest absolute Gasteiger partial charge is 0.255 e. The van der Waals surface area contributed by atoms with Crippen LogP contribution < -0.4 is 5.32 Å². The van der Waals surface area contributed by atoms with Gasteiger partial charge in [-0.2, -0.15) is 0 Å². The number of nitrogens with one attached hydrogen (secondary N) is 1. The number of hydrogen-bond acceptors (Lipinski definition) is 3. The average molecular weight is 297 g/mol. The van der Waals surface area contributed by atoms with E-state index in [1.807, 2.05) is 0 Å². The Kier molecular flexibility index (Phi) is 4.84. The van der Waals surface area contributed by atoms with Gasteiger partial charge in [0.25, 0.3) is 5.91 Å². The van der Waals surface area contributed by atoms with Crippen LogP contribution in [-0.2, 0) is 4.79 Å². The van der Waals surface area contributed by atoms with Crippen molar-refractivity contribution in [3.63, 3.8) is 0 Å². The van der Waals surface area contributed by atoms with Gasteiger partial charge >= 0.3 is 0 Å². The van der Waals surface area contributed by atoms with Gasteiger partial charge in [-0.15, -0.1) is 0 Å². The van der Waals surface area contributed by atoms with Crippen molar-refractivity contribution in [1.29, 1.82) is 0 Å². The molecular formula is C14H17ClN2O3. The quantitative estimate of drug-likeness (QED) is 0.893. The molecular weight excluding hydrogens is 280 g/mol. The van der Waals surface area contributed by atoms with Crippen molar-refractivity contribution in [3.05, 3.63) is 28.8 Å². The molecule has 2 N–H and O–H groups in total. The second-order valence-corrected chi connectivity index (χ2v) is 5.22. The van der Waals surface area contributed by atoms with Crippen LogP contribution in [0.2, 0.25) is 5.02 Å². The molecule has 108 valence electrons. The summed E-state index contributed by atoms with van der Waals surface area (Å²) in [4.78, 5) is 25.5. The molecule has 1 aliphatic rings. The second kappa shape index (κ2) is 6.61. The number of phenols is 1. The largest absolute Gasteiger partial charge is 0.507 e. The molecule has 0 bridgehead atoms. The summed E-state index contributed by atoms with van der Waals surface area (Å²) < 4.78 is 0. The van der Waals surface area contributed by atoms with Crippen molar-refractivity contribution >= 4 is 23.4 Å². The number of carbonyl (C=O) groups is 2. The van der Waals surface area contributed by atoms with Gasteiger partial charge in [0.1, 0.15) is 5.75 Å². The molecule has 0 saturated carbocycles. The zero-order valence-corrected chi connectivity index (χ0v) is 11.8. The molecule has 20 heavy (non-hydrogen) atoms. The van der Waals surface area contributed by atoms with E-state index in [0.717, 1.165) is 32.4 Å². The number of likely N-dealkylation sites (tertiary alicyclic amines) is 1. The fourth-order valence-corrected chi connectivity index (χ4v) is 2.37. The van der Waals surface area contributed by atoms with Gasteiger partial charge in [-0.05, 0) is 37.5 Å². The Morgan fingerprint density at radius 2 is 1.95 bits per heavy atom. The monoisotopic (exact) mass is 296 g/mol. The van der Waals surface area contributed by atoms with Crippen molar-refractivity contribution < 1.29 is 14.7 Å². The topological polar surface area (TPSA) is 69.6 Å². The number of amides is 2. The first-order chi connectivity index (χ1) is 9.58. The van der Waals surface area contributed by atoms with Crippen LogP contribution >= 0.6 is 11.6 Å². The van der Waals surface area contributed by atoms with Gasteiger partial charge in [0.2, 0.25) is 5.91 Å². The first kappa shape index (κ1) is 14.7. The highest BCUT2D eigenvalue weighted by atomic mass is 35.5. The zero-order chi connectivity index (χ0) is 14.5. The third kappa shape index (κ3) is 3.63. The van der Waals surface area contributed by atoms with E-state index in [2.05, 4.69) is 5.32 Å². The standard InChI is InChI=1S/C14H17ClN2O3/c15-10-4-5-11(12(18)8-10)14(20)16-9-13(19)17-6-2-1-3-7-17/h4-5,8,18H,1-3,6-7,9H2,(H,16,20). The molecule has 0 unspecified atom stereocenters. The zero-order valence-electron chi connectivity index (χ0n) is 11.1. The van der Waals surface area contributed by atoms with Crippen LogP contribution in [0.5, 0.6) is 5.75 Å². The van der Waals surface area contributed by atoms with Crippen LogP contribution in [0.1, 0.15) is 29.6 Å². The lowest BCUT2D eigenvalue weighted by atomic mass is 10.1. The van der Waals surface area contributed by atoms with E-state index >= 15 is 0 Å². The Balaban J connectivity index is 1.89. The van der Waals surface area contributed by atoms with E-state index in [0.29, 0.717) is 5.02 Å². The Hall–Kier alpha value is -1.75. The van der Waals surface area contributed by atoms with Crippen molar-refractivity contribution in [3.8, 4) is 5.75 Å². The summed E-state index contributed by atoms with van der Waals surface area (Å²) in [6.45, 7) is 1.45. The van der Waals surface area contributed by atoms with Crippen LogP contribution in [0, 0.1) is 0 Å². The number of phenolic OH excluding ortho intramolecular Hbond substituents is 1. The van der Waals surface area contributed by atoms with Crippen LogP contribution in [0.25, 0.3) is 0 Å². The maximum atomic E-state index is 11.9. The SMILES string of the molecule is O=C(NCC(=O)N1CCCCC1)c1ccc(Cl)cc1O. The highest BCUT2D eigenvalue weighted by Crippen LogP contribution is 2.21. The Morgan fingerprint density at radius 3 is 2.60 bits per heavy atom. The first-order valence-corrected chi connectivity index (χ1v) is 7.00. The summed E-state index contributed by atoms with van der Waals surface area (Å²) in [5, 5.41) is 12.5. The predicted molar refractivity (Wildman–Crippen MR) is 75.9 cm³/mol. The van der Waals surface area contributed by atoms with Gasteiger partial charge in [0.15, 0.2) is 0 Å². The molecule has 1 aliphatic heterocycles. The minimum Gasteiger partial charge on any atom is -0.507 e. The lowest BCUT2D eigenvalue weighted by molar-refractivity contribution is -0.130. The van der Waals surface area contributed by atoms with Crippen molar-refractivity contribution in [1.82, 2.24) is 10.2 Å². The fraction of sp³-hybridized carbons (Fsp3) is 0.429. The molecule has 0 radical (unpaired) electrons. The number of rotatable bonds is 3. The molecule has 0 atom stereocenters. The molecule has 1 aromatic rings. The normalized spacial score (nSPS) is 14.9. The summed E-state index contributed by atoms with van der Waals surface area (Å²) in [6, 6.07) is 4.24. The summed E-state index contributed by atoms with van der Waals surface area (Å²) in [7, 11) is 0.